The SMILES string of the molecule is Cc1c(CNCCc2ccccc2Cl)c(C(=O)O)c(C)n1Cc1cccc(F)c1. The molecule has 0 bridgehead atoms. The molecule has 2 N–H and O–H groups in total. The third-order valence-electron chi connectivity index (χ3n) is 5.18. The Morgan fingerprint density at radius 1 is 1.14 bits per heavy atom. The van der Waals surface area contributed by atoms with Gasteiger partial charge in [0.15, 0.2) is 0 Å². The third kappa shape index (κ3) is 4.86. The monoisotopic (exact) mass is 414 g/mol. The van der Waals surface area contributed by atoms with Gasteiger partial charge in [-0.25, -0.2) is 9.18 Å². The van der Waals surface area contributed by atoms with E-state index in [0.29, 0.717) is 30.9 Å². The van der Waals surface area contributed by atoms with Gasteiger partial charge in [-0.05, 0) is 56.1 Å². The van der Waals surface area contributed by atoms with Gasteiger partial charge < -0.3 is 15.0 Å². The van der Waals surface area contributed by atoms with Crippen LogP contribution in [0.4, 0.5) is 4.39 Å². The summed E-state index contributed by atoms with van der Waals surface area (Å²) >= 11 is 6.19. The average Bonchev–Trinajstić information content (AvgIpc) is 2.91. The predicted molar refractivity (Wildman–Crippen MR) is 113 cm³/mol. The third-order valence-corrected chi connectivity index (χ3v) is 5.55. The molecule has 0 atom stereocenters. The summed E-state index contributed by atoms with van der Waals surface area (Å²) in [5.41, 5.74) is 4.45. The molecule has 4 nitrogen and oxygen atoms in total. The van der Waals surface area contributed by atoms with Crippen molar-refractivity contribution in [2.45, 2.75) is 33.4 Å². The molecule has 6 heteroatoms. The van der Waals surface area contributed by atoms with Gasteiger partial charge in [-0.2, -0.15) is 0 Å². The topological polar surface area (TPSA) is 54.3 Å². The van der Waals surface area contributed by atoms with E-state index >= 15 is 0 Å². The number of aromatic carboxylic acids is 1. The fourth-order valence-electron chi connectivity index (χ4n) is 3.64. The van der Waals surface area contributed by atoms with E-state index in [-0.39, 0.29) is 5.82 Å². The Labute approximate surface area is 174 Å². The van der Waals surface area contributed by atoms with Crippen molar-refractivity contribution in [3.8, 4) is 0 Å². The van der Waals surface area contributed by atoms with Gasteiger partial charge in [0.2, 0.25) is 0 Å². The molecule has 0 amide bonds. The zero-order valence-electron chi connectivity index (χ0n) is 16.5. The van der Waals surface area contributed by atoms with Crippen molar-refractivity contribution in [2.75, 3.05) is 6.54 Å². The Bertz CT molecular complexity index is 1030. The van der Waals surface area contributed by atoms with E-state index < -0.39 is 5.97 Å². The minimum Gasteiger partial charge on any atom is -0.478 e. The summed E-state index contributed by atoms with van der Waals surface area (Å²) in [6, 6.07) is 14.1. The number of halogens is 2. The fraction of sp³-hybridized carbons (Fsp3) is 0.261. The normalized spacial score (nSPS) is 11.0. The van der Waals surface area contributed by atoms with Crippen molar-refractivity contribution in [2.24, 2.45) is 0 Å². The number of hydrogen-bond donors (Lipinski definition) is 2. The van der Waals surface area contributed by atoms with Crippen LogP contribution in [0.1, 0.15) is 38.4 Å². The van der Waals surface area contributed by atoms with Crippen LogP contribution in [-0.4, -0.2) is 22.2 Å². The first kappa shape index (κ1) is 21.1. The molecule has 1 aromatic heterocycles. The molecule has 0 aliphatic carbocycles. The van der Waals surface area contributed by atoms with Gasteiger partial charge in [0.1, 0.15) is 5.82 Å². The maximum Gasteiger partial charge on any atom is 0.337 e. The van der Waals surface area contributed by atoms with E-state index in [1.165, 1.54) is 12.1 Å². The zero-order valence-corrected chi connectivity index (χ0v) is 17.3. The highest BCUT2D eigenvalue weighted by Gasteiger charge is 2.22. The van der Waals surface area contributed by atoms with Crippen LogP contribution in [0.15, 0.2) is 48.5 Å². The van der Waals surface area contributed by atoms with Crippen LogP contribution >= 0.6 is 11.6 Å². The summed E-state index contributed by atoms with van der Waals surface area (Å²) in [5, 5.41) is 13.8. The number of carbonyl (C=O) groups is 1. The zero-order chi connectivity index (χ0) is 21.0. The molecule has 0 fully saturated rings. The Hall–Kier alpha value is -2.63. The van der Waals surface area contributed by atoms with Gasteiger partial charge >= 0.3 is 5.97 Å². The molecule has 0 spiro atoms. The highest BCUT2D eigenvalue weighted by molar-refractivity contribution is 6.31. The lowest BCUT2D eigenvalue weighted by molar-refractivity contribution is 0.0694. The maximum atomic E-state index is 13.5. The number of aromatic nitrogens is 1. The molecule has 3 rings (SSSR count). The lowest BCUT2D eigenvalue weighted by atomic mass is 10.1. The first-order chi connectivity index (χ1) is 13.9. The molecule has 3 aromatic rings. The number of carboxylic acids is 1. The van der Waals surface area contributed by atoms with E-state index in [1.54, 1.807) is 13.0 Å². The molecule has 1 heterocycles. The van der Waals surface area contributed by atoms with Gasteiger partial charge in [0.05, 0.1) is 5.56 Å². The summed E-state index contributed by atoms with van der Waals surface area (Å²) in [4.78, 5) is 11.9. The summed E-state index contributed by atoms with van der Waals surface area (Å²) < 4.78 is 15.5. The van der Waals surface area contributed by atoms with E-state index in [1.807, 2.05) is 41.8 Å². The van der Waals surface area contributed by atoms with Crippen molar-refractivity contribution in [1.82, 2.24) is 9.88 Å². The van der Waals surface area contributed by atoms with Gasteiger partial charge in [-0.3, -0.25) is 0 Å². The van der Waals surface area contributed by atoms with Crippen LogP contribution in [0.25, 0.3) is 0 Å². The van der Waals surface area contributed by atoms with Crippen LogP contribution in [0.5, 0.6) is 0 Å². The molecule has 0 radical (unpaired) electrons. The van der Waals surface area contributed by atoms with Gasteiger partial charge in [0, 0.05) is 35.1 Å². The minimum atomic E-state index is -0.952. The molecule has 0 aliphatic heterocycles. The Balaban J connectivity index is 1.77. The fourth-order valence-corrected chi connectivity index (χ4v) is 3.87. The second-order valence-electron chi connectivity index (χ2n) is 7.06. The maximum absolute atomic E-state index is 13.5. The van der Waals surface area contributed by atoms with Gasteiger partial charge in [-0.1, -0.05) is 41.9 Å². The van der Waals surface area contributed by atoms with Crippen molar-refractivity contribution in [3.63, 3.8) is 0 Å². The van der Waals surface area contributed by atoms with E-state index in [9.17, 15) is 14.3 Å². The molecule has 0 saturated heterocycles. The minimum absolute atomic E-state index is 0.301. The second-order valence-corrected chi connectivity index (χ2v) is 7.47. The molecule has 0 saturated carbocycles. The number of carboxylic acid groups (broad SMARTS) is 1. The molecule has 0 aliphatic rings. The Kier molecular flexibility index (Phi) is 6.72. The molecular weight excluding hydrogens is 391 g/mol. The first-order valence-corrected chi connectivity index (χ1v) is 9.86. The van der Waals surface area contributed by atoms with Crippen LogP contribution in [-0.2, 0) is 19.5 Å². The second kappa shape index (κ2) is 9.25. The van der Waals surface area contributed by atoms with Crippen LogP contribution < -0.4 is 5.32 Å². The Morgan fingerprint density at radius 3 is 2.59 bits per heavy atom. The van der Waals surface area contributed by atoms with E-state index in [2.05, 4.69) is 5.32 Å². The van der Waals surface area contributed by atoms with E-state index in [0.717, 1.165) is 33.8 Å². The number of nitrogens with one attached hydrogen (secondary N) is 1. The first-order valence-electron chi connectivity index (χ1n) is 9.49. The van der Waals surface area contributed by atoms with Crippen molar-refractivity contribution >= 4 is 17.6 Å². The molecule has 152 valence electrons. The van der Waals surface area contributed by atoms with E-state index in [4.69, 9.17) is 11.6 Å². The highest BCUT2D eigenvalue weighted by Crippen LogP contribution is 2.24. The van der Waals surface area contributed by atoms with Crippen LogP contribution in [0.2, 0.25) is 5.02 Å². The van der Waals surface area contributed by atoms with Crippen LogP contribution in [0.3, 0.4) is 0 Å². The number of nitrogens with zero attached hydrogens (tertiary/aromatic N) is 1. The summed E-state index contributed by atoms with van der Waals surface area (Å²) in [5.74, 6) is -1.25. The average molecular weight is 415 g/mol. The highest BCUT2D eigenvalue weighted by atomic mass is 35.5. The lowest BCUT2D eigenvalue weighted by Crippen LogP contribution is -2.19. The van der Waals surface area contributed by atoms with Gasteiger partial charge in [0.25, 0.3) is 0 Å². The standard InChI is InChI=1S/C23H24ClFN2O2/c1-15-20(13-26-11-10-18-7-3-4-9-21(18)24)22(23(28)29)16(2)27(15)14-17-6-5-8-19(25)12-17/h3-9,12,26H,10-11,13-14H2,1-2H3,(H,28,29). The molecular formula is C23H24ClFN2O2. The summed E-state index contributed by atoms with van der Waals surface area (Å²) in [6.07, 6.45) is 0.754. The smallest absolute Gasteiger partial charge is 0.337 e. The predicted octanol–water partition coefficient (Wildman–Crippen LogP) is 4.98. The quantitative estimate of drug-likeness (QED) is 0.511. The van der Waals surface area contributed by atoms with Crippen molar-refractivity contribution in [3.05, 3.63) is 93.0 Å². The van der Waals surface area contributed by atoms with Crippen LogP contribution in [0, 0.1) is 19.7 Å². The number of benzene rings is 2. The largest absolute Gasteiger partial charge is 0.478 e. The molecule has 0 unspecified atom stereocenters. The number of rotatable bonds is 8. The summed E-state index contributed by atoms with van der Waals surface area (Å²) in [6.45, 7) is 5.24. The molecule has 2 aromatic carbocycles. The van der Waals surface area contributed by atoms with Crippen molar-refractivity contribution in [1.29, 1.82) is 0 Å². The summed E-state index contributed by atoms with van der Waals surface area (Å²) in [7, 11) is 0. The Morgan fingerprint density at radius 2 is 1.90 bits per heavy atom. The number of hydrogen-bond acceptors (Lipinski definition) is 2. The lowest BCUT2D eigenvalue weighted by Gasteiger charge is -2.11. The molecule has 29 heavy (non-hydrogen) atoms. The van der Waals surface area contributed by atoms with Gasteiger partial charge in [-0.15, -0.1) is 0 Å². The van der Waals surface area contributed by atoms with Crippen molar-refractivity contribution < 1.29 is 14.3 Å².